The molecule has 8 heteroatoms. The van der Waals surface area contributed by atoms with E-state index in [1.807, 2.05) is 6.07 Å². The minimum absolute atomic E-state index is 0.00772. The highest BCUT2D eigenvalue weighted by Crippen LogP contribution is 2.30. The van der Waals surface area contributed by atoms with Gasteiger partial charge in [0.15, 0.2) is 11.5 Å². The standard InChI is InChI=1S/C16H15NO6S/c18-16(19)11-4-3-5-13(8-11)24(20,21)17-9-12-10-22-14-6-1-2-7-15(14)23-12/h1-8,12,17H,9-10H2,(H,18,19)/p-1/t12-/m0/s1. The molecule has 1 heterocycles. The van der Waals surface area contributed by atoms with Crippen LogP contribution in [0, 0.1) is 0 Å². The van der Waals surface area contributed by atoms with Gasteiger partial charge in [0.25, 0.3) is 0 Å². The van der Waals surface area contributed by atoms with Crippen LogP contribution < -0.4 is 19.3 Å². The summed E-state index contributed by atoms with van der Waals surface area (Å²) in [5, 5.41) is 10.8. The lowest BCUT2D eigenvalue weighted by Crippen LogP contribution is -2.40. The zero-order chi connectivity index (χ0) is 17.2. The molecule has 3 rings (SSSR count). The van der Waals surface area contributed by atoms with Gasteiger partial charge in [0.2, 0.25) is 10.0 Å². The number of carboxylic acid groups (broad SMARTS) is 1. The van der Waals surface area contributed by atoms with Crippen LogP contribution in [0.15, 0.2) is 53.4 Å². The van der Waals surface area contributed by atoms with Crippen molar-refractivity contribution in [3.63, 3.8) is 0 Å². The number of rotatable bonds is 5. The first kappa shape index (κ1) is 16.3. The maximum Gasteiger partial charge on any atom is 0.240 e. The Hall–Kier alpha value is -2.58. The van der Waals surface area contributed by atoms with Gasteiger partial charge in [-0.1, -0.05) is 24.3 Å². The number of sulfonamides is 1. The predicted octanol–water partition coefficient (Wildman–Crippen LogP) is 0.168. The highest BCUT2D eigenvalue weighted by atomic mass is 32.2. The Morgan fingerprint density at radius 3 is 2.67 bits per heavy atom. The summed E-state index contributed by atoms with van der Waals surface area (Å²) in [6.07, 6.45) is -0.487. The Labute approximate surface area is 138 Å². The van der Waals surface area contributed by atoms with Crippen LogP contribution in [0.5, 0.6) is 11.5 Å². The molecular weight excluding hydrogens is 334 g/mol. The van der Waals surface area contributed by atoms with Gasteiger partial charge in [-0.3, -0.25) is 0 Å². The van der Waals surface area contributed by atoms with Gasteiger partial charge in [0.1, 0.15) is 12.7 Å². The summed E-state index contributed by atoms with van der Waals surface area (Å²) < 4.78 is 38.1. The Bertz CT molecular complexity index is 864. The monoisotopic (exact) mass is 348 g/mol. The van der Waals surface area contributed by atoms with Gasteiger partial charge in [-0.15, -0.1) is 0 Å². The molecule has 0 aliphatic carbocycles. The number of para-hydroxylation sites is 2. The van der Waals surface area contributed by atoms with E-state index < -0.39 is 22.1 Å². The Kier molecular flexibility index (Phi) is 4.41. The number of carbonyl (C=O) groups excluding carboxylic acids is 1. The zero-order valence-electron chi connectivity index (χ0n) is 12.5. The number of carboxylic acids is 1. The molecule has 0 unspecified atom stereocenters. The van der Waals surface area contributed by atoms with Crippen LogP contribution in [-0.4, -0.2) is 33.6 Å². The van der Waals surface area contributed by atoms with E-state index in [0.717, 1.165) is 6.07 Å². The first-order valence-corrected chi connectivity index (χ1v) is 8.63. The average molecular weight is 348 g/mol. The summed E-state index contributed by atoms with van der Waals surface area (Å²) in [5.74, 6) is -0.280. The number of ether oxygens (including phenoxy) is 2. The van der Waals surface area contributed by atoms with Gasteiger partial charge < -0.3 is 19.4 Å². The topological polar surface area (TPSA) is 105 Å². The molecule has 0 fully saturated rings. The van der Waals surface area contributed by atoms with Crippen molar-refractivity contribution in [1.29, 1.82) is 0 Å². The molecule has 0 aromatic heterocycles. The molecule has 1 aliphatic rings. The fourth-order valence-electron chi connectivity index (χ4n) is 2.24. The molecule has 0 saturated carbocycles. The highest BCUT2D eigenvalue weighted by molar-refractivity contribution is 7.89. The maximum absolute atomic E-state index is 12.3. The molecule has 0 bridgehead atoms. The summed E-state index contributed by atoms with van der Waals surface area (Å²) in [4.78, 5) is 10.7. The van der Waals surface area contributed by atoms with E-state index in [2.05, 4.69) is 4.72 Å². The minimum Gasteiger partial charge on any atom is -0.545 e. The number of fused-ring (bicyclic) bond motifs is 1. The molecule has 7 nitrogen and oxygen atoms in total. The largest absolute Gasteiger partial charge is 0.545 e. The second-order valence-electron chi connectivity index (χ2n) is 5.16. The van der Waals surface area contributed by atoms with Crippen LogP contribution in [0.25, 0.3) is 0 Å². The SMILES string of the molecule is O=C([O-])c1cccc(S(=O)(=O)NC[C@H]2COc3ccccc3O2)c1. The lowest BCUT2D eigenvalue weighted by Gasteiger charge is -2.26. The van der Waals surface area contributed by atoms with Crippen molar-refractivity contribution >= 4 is 16.0 Å². The summed E-state index contributed by atoms with van der Waals surface area (Å²) in [5.41, 5.74) is -0.205. The van der Waals surface area contributed by atoms with Crippen LogP contribution >= 0.6 is 0 Å². The van der Waals surface area contributed by atoms with E-state index in [9.17, 15) is 18.3 Å². The molecule has 1 N–H and O–H groups in total. The fourth-order valence-corrected chi connectivity index (χ4v) is 3.35. The summed E-state index contributed by atoms with van der Waals surface area (Å²) in [7, 11) is -3.87. The van der Waals surface area contributed by atoms with Crippen molar-refractivity contribution < 1.29 is 27.8 Å². The normalized spacial score (nSPS) is 16.6. The second-order valence-corrected chi connectivity index (χ2v) is 6.93. The van der Waals surface area contributed by atoms with E-state index in [0.29, 0.717) is 11.5 Å². The summed E-state index contributed by atoms with van der Waals surface area (Å²) in [6.45, 7) is 0.199. The third-order valence-electron chi connectivity index (χ3n) is 3.45. The molecule has 2 aromatic carbocycles. The van der Waals surface area contributed by atoms with E-state index >= 15 is 0 Å². The van der Waals surface area contributed by atoms with Crippen LogP contribution in [0.1, 0.15) is 10.4 Å². The van der Waals surface area contributed by atoms with Gasteiger partial charge in [-0.25, -0.2) is 13.1 Å². The smallest absolute Gasteiger partial charge is 0.240 e. The third kappa shape index (κ3) is 3.50. The molecule has 0 saturated heterocycles. The molecule has 0 spiro atoms. The van der Waals surface area contributed by atoms with Crippen molar-refractivity contribution in [2.45, 2.75) is 11.0 Å². The number of nitrogens with one attached hydrogen (secondary N) is 1. The predicted molar refractivity (Wildman–Crippen MR) is 82.3 cm³/mol. The quantitative estimate of drug-likeness (QED) is 0.826. The number of carbonyl (C=O) groups is 1. The molecule has 1 atom stereocenters. The first-order valence-electron chi connectivity index (χ1n) is 7.15. The van der Waals surface area contributed by atoms with E-state index in [1.54, 1.807) is 18.2 Å². The molecule has 0 amide bonds. The molecule has 0 radical (unpaired) electrons. The van der Waals surface area contributed by atoms with Gasteiger partial charge in [0, 0.05) is 0 Å². The van der Waals surface area contributed by atoms with E-state index in [4.69, 9.17) is 9.47 Å². The number of aromatic carboxylic acids is 1. The Balaban J connectivity index is 1.68. The molecule has 1 aliphatic heterocycles. The third-order valence-corrected chi connectivity index (χ3v) is 4.87. The van der Waals surface area contributed by atoms with Crippen molar-refractivity contribution in [3.05, 3.63) is 54.1 Å². The lowest BCUT2D eigenvalue weighted by atomic mass is 10.2. The maximum atomic E-state index is 12.3. The van der Waals surface area contributed by atoms with Gasteiger partial charge in [-0.05, 0) is 29.8 Å². The molecule has 24 heavy (non-hydrogen) atoms. The van der Waals surface area contributed by atoms with Gasteiger partial charge in [0.05, 0.1) is 17.4 Å². The number of benzene rings is 2. The summed E-state index contributed by atoms with van der Waals surface area (Å²) >= 11 is 0. The second kappa shape index (κ2) is 6.50. The van der Waals surface area contributed by atoms with Gasteiger partial charge >= 0.3 is 0 Å². The summed E-state index contributed by atoms with van der Waals surface area (Å²) in [6, 6.07) is 12.1. The lowest BCUT2D eigenvalue weighted by molar-refractivity contribution is -0.255. The van der Waals surface area contributed by atoms with E-state index in [1.165, 1.54) is 18.2 Å². The fraction of sp³-hybridized carbons (Fsp3) is 0.188. The van der Waals surface area contributed by atoms with Crippen molar-refractivity contribution in [2.75, 3.05) is 13.2 Å². The number of hydrogen-bond donors (Lipinski definition) is 1. The molecule has 2 aromatic rings. The molecule has 126 valence electrons. The van der Waals surface area contributed by atoms with Crippen LogP contribution in [0.2, 0.25) is 0 Å². The van der Waals surface area contributed by atoms with Crippen LogP contribution in [0.3, 0.4) is 0 Å². The average Bonchev–Trinajstić information content (AvgIpc) is 2.60. The number of hydrogen-bond acceptors (Lipinski definition) is 6. The van der Waals surface area contributed by atoms with Crippen LogP contribution in [-0.2, 0) is 10.0 Å². The van der Waals surface area contributed by atoms with Crippen molar-refractivity contribution in [1.82, 2.24) is 4.72 Å². The minimum atomic E-state index is -3.87. The first-order chi connectivity index (χ1) is 11.5. The Morgan fingerprint density at radius 1 is 1.17 bits per heavy atom. The van der Waals surface area contributed by atoms with E-state index in [-0.39, 0.29) is 23.6 Å². The zero-order valence-corrected chi connectivity index (χ0v) is 13.3. The Morgan fingerprint density at radius 2 is 1.92 bits per heavy atom. The highest BCUT2D eigenvalue weighted by Gasteiger charge is 2.23. The van der Waals surface area contributed by atoms with Gasteiger partial charge in [-0.2, -0.15) is 0 Å². The van der Waals surface area contributed by atoms with Crippen molar-refractivity contribution in [3.8, 4) is 11.5 Å². The molecular formula is C16H14NO6S-. The van der Waals surface area contributed by atoms with Crippen LogP contribution in [0.4, 0.5) is 0 Å². The van der Waals surface area contributed by atoms with Crippen molar-refractivity contribution in [2.24, 2.45) is 0 Å².